The van der Waals surface area contributed by atoms with Crippen LogP contribution in [0.5, 0.6) is 0 Å². The van der Waals surface area contributed by atoms with Crippen molar-refractivity contribution in [3.63, 3.8) is 0 Å². The zero-order valence-corrected chi connectivity index (χ0v) is 16.0. The van der Waals surface area contributed by atoms with Crippen LogP contribution in [-0.4, -0.2) is 57.6 Å². The fourth-order valence-electron chi connectivity index (χ4n) is 2.57. The van der Waals surface area contributed by atoms with Gasteiger partial charge >= 0.3 is 13.1 Å². The summed E-state index contributed by atoms with van der Waals surface area (Å²) in [7, 11) is 3.89. The first-order valence-corrected chi connectivity index (χ1v) is 8.53. The summed E-state index contributed by atoms with van der Waals surface area (Å²) < 4.78 is 15.2. The second-order valence-corrected chi connectivity index (χ2v) is 6.48. The van der Waals surface area contributed by atoms with E-state index < -0.39 is 31.1 Å². The maximum absolute atomic E-state index is 12.1. The lowest BCUT2D eigenvalue weighted by Gasteiger charge is -2.20. The molecule has 8 heteroatoms. The van der Waals surface area contributed by atoms with Crippen molar-refractivity contribution in [1.82, 2.24) is 5.32 Å². The number of rotatable bonds is 10. The molecule has 0 aliphatic heterocycles. The SMILES string of the molecule is COB(OC)c1ccc(C[C@@H](NC(=O)[C@@H](O)CC(C)C)C(=O)OC)cc1. The summed E-state index contributed by atoms with van der Waals surface area (Å²) >= 11 is 0. The summed E-state index contributed by atoms with van der Waals surface area (Å²) in [6.45, 7) is 3.81. The molecule has 0 saturated heterocycles. The number of aliphatic hydroxyl groups excluding tert-OH is 1. The van der Waals surface area contributed by atoms with Crippen molar-refractivity contribution in [2.75, 3.05) is 21.3 Å². The monoisotopic (exact) mass is 365 g/mol. The molecule has 0 aromatic heterocycles. The van der Waals surface area contributed by atoms with Gasteiger partial charge in [0.2, 0.25) is 5.91 Å². The number of benzene rings is 1. The number of esters is 1. The van der Waals surface area contributed by atoms with Gasteiger partial charge in [0.25, 0.3) is 0 Å². The van der Waals surface area contributed by atoms with Gasteiger partial charge in [0.1, 0.15) is 12.1 Å². The van der Waals surface area contributed by atoms with Crippen LogP contribution in [0.25, 0.3) is 0 Å². The molecule has 0 unspecified atom stereocenters. The van der Waals surface area contributed by atoms with Crippen molar-refractivity contribution < 1.29 is 28.7 Å². The Morgan fingerprint density at radius 2 is 1.69 bits per heavy atom. The summed E-state index contributed by atoms with van der Waals surface area (Å²) in [5.41, 5.74) is 1.67. The second kappa shape index (κ2) is 11.0. The van der Waals surface area contributed by atoms with Gasteiger partial charge in [-0.1, -0.05) is 38.1 Å². The van der Waals surface area contributed by atoms with Crippen LogP contribution in [0.2, 0.25) is 0 Å². The fourth-order valence-corrected chi connectivity index (χ4v) is 2.57. The number of aliphatic hydroxyl groups is 1. The predicted molar refractivity (Wildman–Crippen MR) is 99.0 cm³/mol. The molecular weight excluding hydrogens is 337 g/mol. The first kappa shape index (κ1) is 22.1. The molecule has 0 bridgehead atoms. The average Bonchev–Trinajstić information content (AvgIpc) is 2.62. The third kappa shape index (κ3) is 6.78. The standard InChI is InChI=1S/C18H28BNO6/c1-12(2)10-16(21)17(22)20-15(18(23)24-3)11-13-6-8-14(9-7-13)19(25-4)26-5/h6-9,12,15-16,21H,10-11H2,1-5H3,(H,20,22)/t15-,16+/m1/s1. The molecule has 1 aromatic rings. The van der Waals surface area contributed by atoms with Crippen molar-refractivity contribution in [3.05, 3.63) is 29.8 Å². The third-order valence-electron chi connectivity index (χ3n) is 3.92. The summed E-state index contributed by atoms with van der Waals surface area (Å²) in [5, 5.41) is 12.5. The molecule has 0 aliphatic carbocycles. The Hall–Kier alpha value is -1.90. The summed E-state index contributed by atoms with van der Waals surface area (Å²) in [6, 6.07) is 6.44. The van der Waals surface area contributed by atoms with E-state index in [0.717, 1.165) is 11.0 Å². The molecule has 0 aliphatic rings. The highest BCUT2D eigenvalue weighted by molar-refractivity contribution is 6.61. The van der Waals surface area contributed by atoms with E-state index >= 15 is 0 Å². The maximum atomic E-state index is 12.1. The Bertz CT molecular complexity index is 574. The number of amides is 1. The maximum Gasteiger partial charge on any atom is 0.493 e. The van der Waals surface area contributed by atoms with Crippen LogP contribution in [-0.2, 0) is 30.1 Å². The summed E-state index contributed by atoms with van der Waals surface area (Å²) in [4.78, 5) is 24.1. The number of carbonyl (C=O) groups excluding carboxylic acids is 2. The van der Waals surface area contributed by atoms with Gasteiger partial charge < -0.3 is 24.5 Å². The first-order valence-electron chi connectivity index (χ1n) is 8.53. The minimum Gasteiger partial charge on any atom is -0.467 e. The summed E-state index contributed by atoms with van der Waals surface area (Å²) in [6.07, 6.45) is -0.588. The van der Waals surface area contributed by atoms with Crippen molar-refractivity contribution in [2.24, 2.45) is 5.92 Å². The number of hydrogen-bond acceptors (Lipinski definition) is 6. The molecule has 144 valence electrons. The minimum absolute atomic E-state index is 0.161. The van der Waals surface area contributed by atoms with Crippen LogP contribution < -0.4 is 10.8 Å². The van der Waals surface area contributed by atoms with Gasteiger partial charge in [-0.15, -0.1) is 0 Å². The van der Waals surface area contributed by atoms with Gasteiger partial charge in [-0.3, -0.25) is 4.79 Å². The predicted octanol–water partition coefficient (Wildman–Crippen LogP) is 0.282. The highest BCUT2D eigenvalue weighted by Gasteiger charge is 2.26. The second-order valence-electron chi connectivity index (χ2n) is 6.48. The molecule has 0 saturated carbocycles. The molecular formula is C18H28BNO6. The molecule has 7 nitrogen and oxygen atoms in total. The van der Waals surface area contributed by atoms with Crippen LogP contribution in [0.4, 0.5) is 0 Å². The van der Waals surface area contributed by atoms with Gasteiger partial charge in [0.05, 0.1) is 7.11 Å². The smallest absolute Gasteiger partial charge is 0.467 e. The zero-order valence-electron chi connectivity index (χ0n) is 16.0. The van der Waals surface area contributed by atoms with Gasteiger partial charge in [0.15, 0.2) is 0 Å². The van der Waals surface area contributed by atoms with E-state index in [1.807, 2.05) is 38.1 Å². The first-order chi connectivity index (χ1) is 12.3. The van der Waals surface area contributed by atoms with E-state index in [-0.39, 0.29) is 12.3 Å². The van der Waals surface area contributed by atoms with E-state index in [1.54, 1.807) is 14.2 Å². The largest absolute Gasteiger partial charge is 0.493 e. The van der Waals surface area contributed by atoms with Crippen molar-refractivity contribution in [3.8, 4) is 0 Å². The van der Waals surface area contributed by atoms with Gasteiger partial charge in [-0.05, 0) is 23.4 Å². The Kier molecular flexibility index (Phi) is 9.33. The number of methoxy groups -OCH3 is 1. The molecule has 0 fully saturated rings. The average molecular weight is 365 g/mol. The van der Waals surface area contributed by atoms with Gasteiger partial charge in [0, 0.05) is 20.6 Å². The molecule has 1 amide bonds. The van der Waals surface area contributed by atoms with Crippen LogP contribution in [0.3, 0.4) is 0 Å². The third-order valence-corrected chi connectivity index (χ3v) is 3.92. The highest BCUT2D eigenvalue weighted by atomic mass is 16.6. The van der Waals surface area contributed by atoms with Crippen LogP contribution in [0, 0.1) is 5.92 Å². The van der Waals surface area contributed by atoms with Crippen LogP contribution in [0.15, 0.2) is 24.3 Å². The number of carbonyl (C=O) groups is 2. The van der Waals surface area contributed by atoms with E-state index in [9.17, 15) is 14.7 Å². The van der Waals surface area contributed by atoms with Crippen molar-refractivity contribution >= 4 is 24.5 Å². The van der Waals surface area contributed by atoms with E-state index in [4.69, 9.17) is 14.0 Å². The number of hydrogen-bond donors (Lipinski definition) is 2. The Morgan fingerprint density at radius 3 is 2.15 bits per heavy atom. The molecule has 0 spiro atoms. The molecule has 2 atom stereocenters. The van der Waals surface area contributed by atoms with E-state index in [2.05, 4.69) is 5.32 Å². The van der Waals surface area contributed by atoms with Crippen molar-refractivity contribution in [1.29, 1.82) is 0 Å². The van der Waals surface area contributed by atoms with Gasteiger partial charge in [-0.25, -0.2) is 4.79 Å². The highest BCUT2D eigenvalue weighted by Crippen LogP contribution is 2.08. The Labute approximate surface area is 155 Å². The van der Waals surface area contributed by atoms with Gasteiger partial charge in [-0.2, -0.15) is 0 Å². The normalized spacial score (nSPS) is 13.2. The molecule has 0 heterocycles. The summed E-state index contributed by atoms with van der Waals surface area (Å²) in [5.74, 6) is -0.982. The lowest BCUT2D eigenvalue weighted by atomic mass is 9.78. The quantitative estimate of drug-likeness (QED) is 0.457. The topological polar surface area (TPSA) is 94.1 Å². The molecule has 0 radical (unpaired) electrons. The van der Waals surface area contributed by atoms with E-state index in [0.29, 0.717) is 6.42 Å². The molecule has 1 rings (SSSR count). The lowest BCUT2D eigenvalue weighted by Crippen LogP contribution is -2.47. The molecule has 1 aromatic carbocycles. The lowest BCUT2D eigenvalue weighted by molar-refractivity contribution is -0.146. The number of ether oxygens (including phenoxy) is 1. The number of nitrogens with one attached hydrogen (secondary N) is 1. The van der Waals surface area contributed by atoms with Crippen LogP contribution >= 0.6 is 0 Å². The van der Waals surface area contributed by atoms with Crippen molar-refractivity contribution in [2.45, 2.75) is 38.8 Å². The minimum atomic E-state index is -1.16. The Balaban J connectivity index is 2.81. The Morgan fingerprint density at radius 1 is 1.12 bits per heavy atom. The fraction of sp³-hybridized carbons (Fsp3) is 0.556. The van der Waals surface area contributed by atoms with E-state index in [1.165, 1.54) is 7.11 Å². The zero-order chi connectivity index (χ0) is 19.7. The molecule has 2 N–H and O–H groups in total. The van der Waals surface area contributed by atoms with Crippen LogP contribution in [0.1, 0.15) is 25.8 Å². The molecule has 26 heavy (non-hydrogen) atoms.